The Balaban J connectivity index is 1.35. The quantitative estimate of drug-likeness (QED) is 0.361. The first-order chi connectivity index (χ1) is 16.2. The lowest BCUT2D eigenvalue weighted by Gasteiger charge is -2.12. The van der Waals surface area contributed by atoms with Gasteiger partial charge in [0.2, 0.25) is 5.89 Å². The summed E-state index contributed by atoms with van der Waals surface area (Å²) in [5, 5.41) is 0. The van der Waals surface area contributed by atoms with E-state index in [0.29, 0.717) is 43.1 Å². The van der Waals surface area contributed by atoms with E-state index in [1.54, 1.807) is 13.8 Å². The van der Waals surface area contributed by atoms with Crippen LogP contribution in [0.15, 0.2) is 46.9 Å². The number of ether oxygens (including phenoxy) is 2. The fourth-order valence-electron chi connectivity index (χ4n) is 4.25. The number of benzene rings is 2. The Morgan fingerprint density at radius 1 is 1.18 bits per heavy atom. The first kappa shape index (κ1) is 23.9. The van der Waals surface area contributed by atoms with Crippen molar-refractivity contribution in [3.8, 4) is 17.2 Å². The molecule has 0 N–H and O–H groups in total. The zero-order valence-corrected chi connectivity index (χ0v) is 19.1. The molecule has 0 saturated heterocycles. The van der Waals surface area contributed by atoms with E-state index in [0.717, 1.165) is 30.7 Å². The summed E-state index contributed by atoms with van der Waals surface area (Å²) >= 11 is 0. The third-order valence-electron chi connectivity index (χ3n) is 5.98. The molecule has 1 aromatic heterocycles. The number of aryl methyl sites for hydroxylation is 2. The molecular weight excluding hydrogens is 447 g/mol. The smallest absolute Gasteiger partial charge is 0.416 e. The number of alkyl halides is 3. The number of carbonyl (C=O) groups excluding carboxylic acids is 1. The minimum atomic E-state index is -4.38. The lowest BCUT2D eigenvalue weighted by atomic mass is 9.98. The van der Waals surface area contributed by atoms with Crippen LogP contribution in [0.2, 0.25) is 0 Å². The van der Waals surface area contributed by atoms with Crippen molar-refractivity contribution in [2.45, 2.75) is 51.6 Å². The highest BCUT2D eigenvalue weighted by Gasteiger charge is 2.30. The molecule has 1 heterocycles. The van der Waals surface area contributed by atoms with E-state index in [2.05, 4.69) is 4.98 Å². The number of oxazole rings is 1. The number of aromatic nitrogens is 1. The van der Waals surface area contributed by atoms with Crippen molar-refractivity contribution in [2.24, 2.45) is 0 Å². The van der Waals surface area contributed by atoms with Crippen LogP contribution in [-0.4, -0.2) is 24.2 Å². The second kappa shape index (κ2) is 9.91. The molecule has 0 bridgehead atoms. The lowest BCUT2D eigenvalue weighted by Crippen LogP contribution is -2.08. The van der Waals surface area contributed by atoms with Gasteiger partial charge in [0.05, 0.1) is 30.9 Å². The third-order valence-corrected chi connectivity index (χ3v) is 5.98. The maximum atomic E-state index is 12.8. The summed E-state index contributed by atoms with van der Waals surface area (Å²) in [6, 6.07) is 10.7. The molecule has 1 aliphatic rings. The molecule has 4 rings (SSSR count). The summed E-state index contributed by atoms with van der Waals surface area (Å²) in [5.74, 6) is 1.68. The van der Waals surface area contributed by atoms with E-state index in [9.17, 15) is 18.0 Å². The van der Waals surface area contributed by atoms with Crippen LogP contribution in [0.25, 0.3) is 11.5 Å². The Morgan fingerprint density at radius 3 is 2.65 bits per heavy atom. The van der Waals surface area contributed by atoms with Gasteiger partial charge in [0.25, 0.3) is 0 Å². The van der Waals surface area contributed by atoms with Crippen molar-refractivity contribution in [1.29, 1.82) is 0 Å². The van der Waals surface area contributed by atoms with E-state index in [4.69, 9.17) is 13.9 Å². The van der Waals surface area contributed by atoms with Gasteiger partial charge in [-0.05, 0) is 80.1 Å². The minimum absolute atomic E-state index is 0.168. The van der Waals surface area contributed by atoms with Gasteiger partial charge in [-0.3, -0.25) is 4.79 Å². The maximum absolute atomic E-state index is 12.8. The average molecular weight is 473 g/mol. The molecule has 0 spiro atoms. The van der Waals surface area contributed by atoms with E-state index < -0.39 is 11.7 Å². The fraction of sp³-hybridized carbons (Fsp3) is 0.385. The number of rotatable bonds is 8. The van der Waals surface area contributed by atoms with Crippen LogP contribution < -0.4 is 4.74 Å². The average Bonchev–Trinajstić information content (AvgIpc) is 3.36. The molecule has 0 fully saturated rings. The third kappa shape index (κ3) is 5.43. The zero-order valence-electron chi connectivity index (χ0n) is 19.1. The molecule has 0 aliphatic heterocycles. The monoisotopic (exact) mass is 473 g/mol. The molecule has 1 aliphatic carbocycles. The molecule has 0 amide bonds. The SMILES string of the molecule is CCOC(=O)CC1CCc2cc(OCCc3oc(-c4ccc(C(F)(F)F)cc4)nc3C)ccc21. The number of hydrogen-bond acceptors (Lipinski definition) is 5. The summed E-state index contributed by atoms with van der Waals surface area (Å²) in [4.78, 5) is 16.2. The summed E-state index contributed by atoms with van der Waals surface area (Å²) in [7, 11) is 0. The highest BCUT2D eigenvalue weighted by molar-refractivity contribution is 5.71. The molecule has 1 atom stereocenters. The van der Waals surface area contributed by atoms with E-state index in [-0.39, 0.29) is 17.8 Å². The van der Waals surface area contributed by atoms with Crippen LogP contribution in [0.5, 0.6) is 5.75 Å². The van der Waals surface area contributed by atoms with Crippen molar-refractivity contribution in [1.82, 2.24) is 4.98 Å². The molecule has 5 nitrogen and oxygen atoms in total. The highest BCUT2D eigenvalue weighted by atomic mass is 19.4. The van der Waals surface area contributed by atoms with Crippen LogP contribution in [0.3, 0.4) is 0 Å². The summed E-state index contributed by atoms with van der Waals surface area (Å²) in [5.41, 5.74) is 2.81. The van der Waals surface area contributed by atoms with E-state index >= 15 is 0 Å². The van der Waals surface area contributed by atoms with Crippen molar-refractivity contribution in [2.75, 3.05) is 13.2 Å². The summed E-state index contributed by atoms with van der Waals surface area (Å²) < 4.78 is 55.1. The van der Waals surface area contributed by atoms with Crippen molar-refractivity contribution >= 4 is 5.97 Å². The van der Waals surface area contributed by atoms with Crippen molar-refractivity contribution < 1.29 is 31.9 Å². The number of esters is 1. The topological polar surface area (TPSA) is 61.6 Å². The summed E-state index contributed by atoms with van der Waals surface area (Å²) in [6.45, 7) is 4.36. The molecule has 1 unspecified atom stereocenters. The van der Waals surface area contributed by atoms with Gasteiger partial charge in [-0.15, -0.1) is 0 Å². The number of carbonyl (C=O) groups is 1. The maximum Gasteiger partial charge on any atom is 0.416 e. The molecule has 0 saturated carbocycles. The normalized spacial score (nSPS) is 15.3. The molecule has 8 heteroatoms. The second-order valence-electron chi connectivity index (χ2n) is 8.31. The molecule has 180 valence electrons. The van der Waals surface area contributed by atoms with Crippen molar-refractivity contribution in [3.05, 3.63) is 70.6 Å². The van der Waals surface area contributed by atoms with E-state index in [1.165, 1.54) is 23.3 Å². The predicted octanol–water partition coefficient (Wildman–Crippen LogP) is 6.27. The molecule has 0 radical (unpaired) electrons. The predicted molar refractivity (Wildman–Crippen MR) is 120 cm³/mol. The number of fused-ring (bicyclic) bond motifs is 1. The minimum Gasteiger partial charge on any atom is -0.493 e. The van der Waals surface area contributed by atoms with Crippen LogP contribution in [0.4, 0.5) is 13.2 Å². The highest BCUT2D eigenvalue weighted by Crippen LogP contribution is 2.37. The van der Waals surface area contributed by atoms with Crippen LogP contribution in [0, 0.1) is 6.92 Å². The Bertz CT molecular complexity index is 1150. The Morgan fingerprint density at radius 2 is 1.94 bits per heavy atom. The van der Waals surface area contributed by atoms with Gasteiger partial charge >= 0.3 is 12.1 Å². The van der Waals surface area contributed by atoms with Gasteiger partial charge in [-0.1, -0.05) is 6.07 Å². The van der Waals surface area contributed by atoms with Gasteiger partial charge < -0.3 is 13.9 Å². The standard InChI is InChI=1S/C26H26F3NO4/c1-3-32-24(31)15-19-5-4-18-14-21(10-11-22(18)19)33-13-12-23-16(2)30-25(34-23)17-6-8-20(9-7-17)26(27,28)29/h6-11,14,19H,3-5,12-13,15H2,1-2H3. The summed E-state index contributed by atoms with van der Waals surface area (Å²) in [6.07, 6.45) is -1.70. The zero-order chi connectivity index (χ0) is 24.3. The second-order valence-corrected chi connectivity index (χ2v) is 8.31. The Hall–Kier alpha value is -3.29. The van der Waals surface area contributed by atoms with E-state index in [1.807, 2.05) is 18.2 Å². The van der Waals surface area contributed by atoms with Crippen LogP contribution >= 0.6 is 0 Å². The number of nitrogens with zero attached hydrogens (tertiary/aromatic N) is 1. The first-order valence-electron chi connectivity index (χ1n) is 11.3. The molecule has 34 heavy (non-hydrogen) atoms. The Kier molecular flexibility index (Phi) is 6.95. The van der Waals surface area contributed by atoms with Gasteiger partial charge in [0.15, 0.2) is 0 Å². The fourth-order valence-corrected chi connectivity index (χ4v) is 4.25. The molecular formula is C26H26F3NO4. The number of halogens is 3. The lowest BCUT2D eigenvalue weighted by molar-refractivity contribution is -0.143. The number of hydrogen-bond donors (Lipinski definition) is 0. The first-order valence-corrected chi connectivity index (χ1v) is 11.3. The van der Waals surface area contributed by atoms with Gasteiger partial charge in [0, 0.05) is 12.0 Å². The van der Waals surface area contributed by atoms with Crippen LogP contribution in [-0.2, 0) is 28.5 Å². The largest absolute Gasteiger partial charge is 0.493 e. The molecule has 2 aromatic carbocycles. The van der Waals surface area contributed by atoms with Gasteiger partial charge in [0.1, 0.15) is 11.5 Å². The van der Waals surface area contributed by atoms with Gasteiger partial charge in [-0.2, -0.15) is 13.2 Å². The van der Waals surface area contributed by atoms with Crippen molar-refractivity contribution in [3.63, 3.8) is 0 Å². The Labute approximate surface area is 195 Å². The molecule has 3 aromatic rings. The van der Waals surface area contributed by atoms with Gasteiger partial charge in [-0.25, -0.2) is 4.98 Å². The van der Waals surface area contributed by atoms with Crippen LogP contribution in [0.1, 0.15) is 53.8 Å².